The molecular weight excluding hydrogens is 224 g/mol. The number of nitrogens with zero attached hydrogens (tertiary/aromatic N) is 1. The van der Waals surface area contributed by atoms with Gasteiger partial charge in [-0.3, -0.25) is 4.79 Å². The van der Waals surface area contributed by atoms with Gasteiger partial charge >= 0.3 is 0 Å². The lowest BCUT2D eigenvalue weighted by atomic mass is 10.1. The molecule has 1 saturated carbocycles. The number of rotatable bonds is 2. The van der Waals surface area contributed by atoms with Crippen molar-refractivity contribution in [3.05, 3.63) is 29.8 Å². The van der Waals surface area contributed by atoms with Crippen LogP contribution in [0.2, 0.25) is 0 Å². The molecule has 1 aromatic carbocycles. The van der Waals surface area contributed by atoms with Gasteiger partial charge in [-0.05, 0) is 30.4 Å². The van der Waals surface area contributed by atoms with Crippen molar-refractivity contribution < 1.29 is 4.79 Å². The summed E-state index contributed by atoms with van der Waals surface area (Å²) in [6.07, 6.45) is 5.21. The van der Waals surface area contributed by atoms with E-state index in [-0.39, 0.29) is 5.91 Å². The molecule has 0 aromatic heterocycles. The zero-order valence-corrected chi connectivity index (χ0v) is 10.7. The molecule has 2 aliphatic rings. The second-order valence-corrected chi connectivity index (χ2v) is 5.39. The molecule has 3 rings (SSSR count). The van der Waals surface area contributed by atoms with Crippen LogP contribution < -0.4 is 10.2 Å². The van der Waals surface area contributed by atoms with Gasteiger partial charge in [0.2, 0.25) is 5.91 Å². The molecule has 1 N–H and O–H groups in total. The molecule has 1 aromatic rings. The molecule has 96 valence electrons. The SMILES string of the molecule is O=C1CNCc2ccccc2N1CC1CCCC1. The van der Waals surface area contributed by atoms with Crippen LogP contribution in [-0.4, -0.2) is 19.0 Å². The first-order valence-electron chi connectivity index (χ1n) is 6.93. The Morgan fingerprint density at radius 1 is 1.17 bits per heavy atom. The highest BCUT2D eigenvalue weighted by Crippen LogP contribution is 2.29. The molecule has 1 amide bonds. The first kappa shape index (κ1) is 11.7. The van der Waals surface area contributed by atoms with Crippen molar-refractivity contribution >= 4 is 11.6 Å². The fraction of sp³-hybridized carbons (Fsp3) is 0.533. The summed E-state index contributed by atoms with van der Waals surface area (Å²) in [7, 11) is 0. The molecule has 0 spiro atoms. The van der Waals surface area contributed by atoms with Gasteiger partial charge in [-0.25, -0.2) is 0 Å². The average molecular weight is 244 g/mol. The number of benzene rings is 1. The minimum absolute atomic E-state index is 0.215. The van der Waals surface area contributed by atoms with Gasteiger partial charge in [-0.1, -0.05) is 31.0 Å². The van der Waals surface area contributed by atoms with Crippen LogP contribution in [0.1, 0.15) is 31.2 Å². The van der Waals surface area contributed by atoms with Crippen molar-refractivity contribution in [3.63, 3.8) is 0 Å². The number of carbonyl (C=O) groups is 1. The van der Waals surface area contributed by atoms with Crippen molar-refractivity contribution in [2.24, 2.45) is 5.92 Å². The average Bonchev–Trinajstić information content (AvgIpc) is 2.84. The summed E-state index contributed by atoms with van der Waals surface area (Å²) in [4.78, 5) is 14.2. The second kappa shape index (κ2) is 5.11. The van der Waals surface area contributed by atoms with Crippen molar-refractivity contribution in [1.29, 1.82) is 0 Å². The quantitative estimate of drug-likeness (QED) is 0.866. The number of fused-ring (bicyclic) bond motifs is 1. The Morgan fingerprint density at radius 2 is 1.94 bits per heavy atom. The Bertz CT molecular complexity index is 438. The minimum atomic E-state index is 0.215. The van der Waals surface area contributed by atoms with Gasteiger partial charge in [0.1, 0.15) is 0 Å². The summed E-state index contributed by atoms with van der Waals surface area (Å²) in [5.74, 6) is 0.909. The summed E-state index contributed by atoms with van der Waals surface area (Å²) in [5.41, 5.74) is 2.35. The number of amides is 1. The highest BCUT2D eigenvalue weighted by atomic mass is 16.2. The van der Waals surface area contributed by atoms with E-state index in [4.69, 9.17) is 0 Å². The first-order chi connectivity index (χ1) is 8.84. The molecule has 0 unspecified atom stereocenters. The maximum atomic E-state index is 12.2. The lowest BCUT2D eigenvalue weighted by Gasteiger charge is -2.25. The summed E-state index contributed by atoms with van der Waals surface area (Å²) in [6.45, 7) is 2.15. The van der Waals surface area contributed by atoms with Crippen LogP contribution in [0.3, 0.4) is 0 Å². The standard InChI is InChI=1S/C15H20N2O/c18-15-10-16-9-13-7-3-4-8-14(13)17(15)11-12-5-1-2-6-12/h3-4,7-8,12,16H,1-2,5-6,9-11H2. The molecule has 18 heavy (non-hydrogen) atoms. The Morgan fingerprint density at radius 3 is 2.78 bits per heavy atom. The smallest absolute Gasteiger partial charge is 0.240 e. The molecule has 1 fully saturated rings. The van der Waals surface area contributed by atoms with Crippen LogP contribution in [0.25, 0.3) is 0 Å². The normalized spacial score (nSPS) is 20.9. The molecule has 0 atom stereocenters. The molecule has 1 heterocycles. The lowest BCUT2D eigenvalue weighted by molar-refractivity contribution is -0.117. The fourth-order valence-electron chi connectivity index (χ4n) is 3.11. The molecule has 1 aliphatic carbocycles. The van der Waals surface area contributed by atoms with Crippen molar-refractivity contribution in [2.45, 2.75) is 32.2 Å². The molecule has 3 heteroatoms. The van der Waals surface area contributed by atoms with Crippen LogP contribution in [0.15, 0.2) is 24.3 Å². The van der Waals surface area contributed by atoms with Crippen LogP contribution in [0.5, 0.6) is 0 Å². The number of carbonyl (C=O) groups excluding carboxylic acids is 1. The molecule has 1 aliphatic heterocycles. The summed E-state index contributed by atoms with van der Waals surface area (Å²) < 4.78 is 0. The van der Waals surface area contributed by atoms with Gasteiger partial charge in [-0.2, -0.15) is 0 Å². The maximum absolute atomic E-state index is 12.2. The third-order valence-corrected chi connectivity index (χ3v) is 4.09. The van der Waals surface area contributed by atoms with E-state index in [1.165, 1.54) is 31.2 Å². The van der Waals surface area contributed by atoms with Gasteiger partial charge < -0.3 is 10.2 Å². The van der Waals surface area contributed by atoms with Gasteiger partial charge in [-0.15, -0.1) is 0 Å². The van der Waals surface area contributed by atoms with E-state index < -0.39 is 0 Å². The summed E-state index contributed by atoms with van der Waals surface area (Å²) >= 11 is 0. The number of anilines is 1. The summed E-state index contributed by atoms with van der Waals surface area (Å²) in [5, 5.41) is 3.22. The zero-order chi connectivity index (χ0) is 12.4. The van der Waals surface area contributed by atoms with E-state index in [2.05, 4.69) is 17.4 Å². The topological polar surface area (TPSA) is 32.3 Å². The van der Waals surface area contributed by atoms with E-state index in [9.17, 15) is 4.79 Å². The van der Waals surface area contributed by atoms with Crippen LogP contribution in [0, 0.1) is 5.92 Å². The number of para-hydroxylation sites is 1. The maximum Gasteiger partial charge on any atom is 0.240 e. The van der Waals surface area contributed by atoms with Crippen LogP contribution in [-0.2, 0) is 11.3 Å². The zero-order valence-electron chi connectivity index (χ0n) is 10.7. The monoisotopic (exact) mass is 244 g/mol. The van der Waals surface area contributed by atoms with Gasteiger partial charge in [0.05, 0.1) is 6.54 Å². The first-order valence-corrected chi connectivity index (χ1v) is 6.93. The van der Waals surface area contributed by atoms with Gasteiger partial charge in [0, 0.05) is 18.8 Å². The predicted octanol–water partition coefficient (Wildman–Crippen LogP) is 2.31. The minimum Gasteiger partial charge on any atom is -0.311 e. The van der Waals surface area contributed by atoms with E-state index in [0.29, 0.717) is 12.5 Å². The highest BCUT2D eigenvalue weighted by molar-refractivity contribution is 5.96. The van der Waals surface area contributed by atoms with Crippen LogP contribution >= 0.6 is 0 Å². The van der Waals surface area contributed by atoms with E-state index in [1.807, 2.05) is 17.0 Å². The molecule has 0 bridgehead atoms. The molecule has 3 nitrogen and oxygen atoms in total. The van der Waals surface area contributed by atoms with Gasteiger partial charge in [0.25, 0.3) is 0 Å². The van der Waals surface area contributed by atoms with E-state index in [0.717, 1.165) is 18.8 Å². The Balaban J connectivity index is 1.87. The third-order valence-electron chi connectivity index (χ3n) is 4.09. The Labute approximate surface area is 108 Å². The van der Waals surface area contributed by atoms with E-state index in [1.54, 1.807) is 0 Å². The van der Waals surface area contributed by atoms with Crippen molar-refractivity contribution in [2.75, 3.05) is 18.0 Å². The van der Waals surface area contributed by atoms with Gasteiger partial charge in [0.15, 0.2) is 0 Å². The fourth-order valence-corrected chi connectivity index (χ4v) is 3.11. The Hall–Kier alpha value is -1.35. The molecule has 0 radical (unpaired) electrons. The predicted molar refractivity (Wildman–Crippen MR) is 72.5 cm³/mol. The Kier molecular flexibility index (Phi) is 3.33. The van der Waals surface area contributed by atoms with Crippen LogP contribution in [0.4, 0.5) is 5.69 Å². The number of hydrogen-bond donors (Lipinski definition) is 1. The van der Waals surface area contributed by atoms with E-state index >= 15 is 0 Å². The molecule has 0 saturated heterocycles. The number of nitrogens with one attached hydrogen (secondary N) is 1. The highest BCUT2D eigenvalue weighted by Gasteiger charge is 2.25. The number of hydrogen-bond acceptors (Lipinski definition) is 2. The second-order valence-electron chi connectivity index (χ2n) is 5.39. The third kappa shape index (κ3) is 2.27. The largest absolute Gasteiger partial charge is 0.311 e. The summed E-state index contributed by atoms with van der Waals surface area (Å²) in [6, 6.07) is 8.26. The molecular formula is C15H20N2O. The van der Waals surface area contributed by atoms with Crippen molar-refractivity contribution in [1.82, 2.24) is 5.32 Å². The van der Waals surface area contributed by atoms with Crippen molar-refractivity contribution in [3.8, 4) is 0 Å². The lowest BCUT2D eigenvalue weighted by Crippen LogP contribution is -2.38.